The Morgan fingerprint density at radius 2 is 1.68 bits per heavy atom. The average Bonchev–Trinajstić information content (AvgIpc) is 2.48. The number of anilines is 1. The zero-order valence-electron chi connectivity index (χ0n) is 11.9. The highest BCUT2D eigenvalue weighted by molar-refractivity contribution is 5.99. The van der Waals surface area contributed by atoms with Crippen LogP contribution < -0.4 is 4.90 Å². The predicted octanol–water partition coefficient (Wildman–Crippen LogP) is 4.12. The van der Waals surface area contributed by atoms with Crippen molar-refractivity contribution in [1.82, 2.24) is 0 Å². The molecule has 0 aliphatic heterocycles. The molecule has 98 valence electrons. The highest BCUT2D eigenvalue weighted by atomic mass is 15.1. The Labute approximate surface area is 115 Å². The van der Waals surface area contributed by atoms with Crippen molar-refractivity contribution in [2.24, 2.45) is 0 Å². The molecule has 0 aromatic heterocycles. The maximum Gasteiger partial charge on any atom is 0.0998 e. The molecular formula is C17H20N2. The van der Waals surface area contributed by atoms with E-state index in [9.17, 15) is 5.26 Å². The summed E-state index contributed by atoms with van der Waals surface area (Å²) in [6.07, 6.45) is 0.950. The maximum atomic E-state index is 9.34. The normalized spacial score (nSPS) is 10.4. The molecule has 0 atom stereocenters. The van der Waals surface area contributed by atoms with Crippen LogP contribution in [0.15, 0.2) is 30.3 Å². The van der Waals surface area contributed by atoms with Gasteiger partial charge in [0, 0.05) is 29.5 Å². The molecule has 2 nitrogen and oxygen atoms in total. The molecule has 0 heterocycles. The Morgan fingerprint density at radius 1 is 1.05 bits per heavy atom. The van der Waals surface area contributed by atoms with E-state index < -0.39 is 0 Å². The van der Waals surface area contributed by atoms with Crippen molar-refractivity contribution >= 4 is 16.5 Å². The van der Waals surface area contributed by atoms with Gasteiger partial charge in [-0.3, -0.25) is 0 Å². The summed E-state index contributed by atoms with van der Waals surface area (Å²) < 4.78 is 0. The highest BCUT2D eigenvalue weighted by Gasteiger charge is 2.14. The van der Waals surface area contributed by atoms with Crippen molar-refractivity contribution in [3.8, 4) is 6.07 Å². The lowest BCUT2D eigenvalue weighted by molar-refractivity contribution is 0.860. The Balaban J connectivity index is 2.84. The number of nitriles is 1. The van der Waals surface area contributed by atoms with Gasteiger partial charge in [-0.25, -0.2) is 0 Å². The van der Waals surface area contributed by atoms with Crippen LogP contribution in [0.5, 0.6) is 0 Å². The highest BCUT2D eigenvalue weighted by Crippen LogP contribution is 2.33. The summed E-state index contributed by atoms with van der Waals surface area (Å²) in [4.78, 5) is 2.38. The van der Waals surface area contributed by atoms with Crippen molar-refractivity contribution in [1.29, 1.82) is 5.26 Å². The number of fused-ring (bicyclic) bond motifs is 1. The molecule has 0 saturated heterocycles. The topological polar surface area (TPSA) is 27.0 Å². The fourth-order valence-electron chi connectivity index (χ4n) is 2.69. The zero-order chi connectivity index (χ0) is 13.8. The van der Waals surface area contributed by atoms with Crippen molar-refractivity contribution in [3.63, 3.8) is 0 Å². The smallest absolute Gasteiger partial charge is 0.0998 e. The first-order valence-electron chi connectivity index (χ1n) is 6.96. The average molecular weight is 252 g/mol. The Hall–Kier alpha value is -2.01. The number of hydrogen-bond donors (Lipinski definition) is 0. The fraction of sp³-hybridized carbons (Fsp3) is 0.353. The Bertz CT molecular complexity index is 619. The quantitative estimate of drug-likeness (QED) is 0.818. The van der Waals surface area contributed by atoms with Gasteiger partial charge >= 0.3 is 0 Å². The summed E-state index contributed by atoms with van der Waals surface area (Å²) in [5.74, 6) is 0. The van der Waals surface area contributed by atoms with Crippen LogP contribution in [-0.2, 0) is 6.42 Å². The maximum absolute atomic E-state index is 9.34. The van der Waals surface area contributed by atoms with Gasteiger partial charge < -0.3 is 4.90 Å². The van der Waals surface area contributed by atoms with E-state index in [0.717, 1.165) is 30.5 Å². The van der Waals surface area contributed by atoms with Crippen molar-refractivity contribution in [2.75, 3.05) is 18.0 Å². The van der Waals surface area contributed by atoms with Crippen LogP contribution in [0.1, 0.15) is 31.9 Å². The molecule has 2 rings (SSSR count). The molecule has 0 spiro atoms. The largest absolute Gasteiger partial charge is 0.371 e. The lowest BCUT2D eigenvalue weighted by atomic mass is 9.96. The number of nitrogens with zero attached hydrogens (tertiary/aromatic N) is 2. The number of hydrogen-bond acceptors (Lipinski definition) is 2. The summed E-state index contributed by atoms with van der Waals surface area (Å²) in [5, 5.41) is 11.6. The van der Waals surface area contributed by atoms with E-state index in [2.05, 4.69) is 49.9 Å². The minimum absolute atomic E-state index is 0.781. The van der Waals surface area contributed by atoms with Gasteiger partial charge in [-0.05, 0) is 31.9 Å². The molecule has 0 aliphatic rings. The Kier molecular flexibility index (Phi) is 4.06. The van der Waals surface area contributed by atoms with Gasteiger partial charge in [-0.1, -0.05) is 31.2 Å². The second-order valence-corrected chi connectivity index (χ2v) is 4.62. The summed E-state index contributed by atoms with van der Waals surface area (Å²) in [7, 11) is 0. The summed E-state index contributed by atoms with van der Waals surface area (Å²) in [6.45, 7) is 8.48. The van der Waals surface area contributed by atoms with Gasteiger partial charge in [-0.15, -0.1) is 0 Å². The summed E-state index contributed by atoms with van der Waals surface area (Å²) in [6, 6.07) is 12.6. The SMILES string of the molecule is CCc1cc(C#N)c2ccccc2c1N(CC)CC. The zero-order valence-corrected chi connectivity index (χ0v) is 11.9. The van der Waals surface area contributed by atoms with E-state index >= 15 is 0 Å². The van der Waals surface area contributed by atoms with Gasteiger partial charge in [0.25, 0.3) is 0 Å². The first-order valence-corrected chi connectivity index (χ1v) is 6.96. The van der Waals surface area contributed by atoms with E-state index in [1.807, 2.05) is 12.1 Å². The molecule has 0 fully saturated rings. The second kappa shape index (κ2) is 5.75. The molecule has 0 bridgehead atoms. The molecular weight excluding hydrogens is 232 g/mol. The molecule has 19 heavy (non-hydrogen) atoms. The van der Waals surface area contributed by atoms with Crippen LogP contribution >= 0.6 is 0 Å². The second-order valence-electron chi connectivity index (χ2n) is 4.62. The third-order valence-electron chi connectivity index (χ3n) is 3.68. The van der Waals surface area contributed by atoms with Crippen LogP contribution in [0.25, 0.3) is 10.8 Å². The molecule has 2 heteroatoms. The van der Waals surface area contributed by atoms with Crippen LogP contribution in [0.4, 0.5) is 5.69 Å². The fourth-order valence-corrected chi connectivity index (χ4v) is 2.69. The first kappa shape index (κ1) is 13.4. The molecule has 0 N–H and O–H groups in total. The Morgan fingerprint density at radius 3 is 2.21 bits per heavy atom. The van der Waals surface area contributed by atoms with Crippen molar-refractivity contribution < 1.29 is 0 Å². The molecule has 2 aromatic rings. The van der Waals surface area contributed by atoms with Gasteiger partial charge in [0.05, 0.1) is 11.6 Å². The minimum atomic E-state index is 0.781. The third-order valence-corrected chi connectivity index (χ3v) is 3.68. The third kappa shape index (κ3) is 2.29. The monoisotopic (exact) mass is 252 g/mol. The molecule has 0 radical (unpaired) electrons. The molecule has 0 unspecified atom stereocenters. The molecule has 2 aromatic carbocycles. The lowest BCUT2D eigenvalue weighted by Gasteiger charge is -2.26. The van der Waals surface area contributed by atoms with Crippen LogP contribution in [0.2, 0.25) is 0 Å². The van der Waals surface area contributed by atoms with E-state index in [0.29, 0.717) is 0 Å². The van der Waals surface area contributed by atoms with Gasteiger partial charge in [0.1, 0.15) is 0 Å². The lowest BCUT2D eigenvalue weighted by Crippen LogP contribution is -2.23. The number of rotatable bonds is 4. The molecule has 0 amide bonds. The number of aryl methyl sites for hydroxylation is 1. The van der Waals surface area contributed by atoms with Gasteiger partial charge in [-0.2, -0.15) is 5.26 Å². The van der Waals surface area contributed by atoms with E-state index in [1.54, 1.807) is 0 Å². The van der Waals surface area contributed by atoms with Crippen molar-refractivity contribution in [3.05, 3.63) is 41.5 Å². The standard InChI is InChI=1S/C17H20N2/c1-4-13-11-14(12-18)15-9-7-8-10-16(15)17(13)19(5-2)6-3/h7-11H,4-6H2,1-3H3. The minimum Gasteiger partial charge on any atom is -0.371 e. The van der Waals surface area contributed by atoms with E-state index in [-0.39, 0.29) is 0 Å². The van der Waals surface area contributed by atoms with Gasteiger partial charge in [0.2, 0.25) is 0 Å². The van der Waals surface area contributed by atoms with Crippen LogP contribution in [0, 0.1) is 11.3 Å². The van der Waals surface area contributed by atoms with Crippen LogP contribution in [-0.4, -0.2) is 13.1 Å². The molecule has 0 aliphatic carbocycles. The first-order chi connectivity index (χ1) is 9.26. The molecule has 0 saturated carbocycles. The van der Waals surface area contributed by atoms with E-state index in [1.165, 1.54) is 16.6 Å². The van der Waals surface area contributed by atoms with Crippen molar-refractivity contribution in [2.45, 2.75) is 27.2 Å². The van der Waals surface area contributed by atoms with Gasteiger partial charge in [0.15, 0.2) is 0 Å². The summed E-state index contributed by atoms with van der Waals surface area (Å²) in [5.41, 5.74) is 3.34. The van der Waals surface area contributed by atoms with Crippen LogP contribution in [0.3, 0.4) is 0 Å². The predicted molar refractivity (Wildman–Crippen MR) is 81.6 cm³/mol. The number of benzene rings is 2. The summed E-state index contributed by atoms with van der Waals surface area (Å²) >= 11 is 0. The van der Waals surface area contributed by atoms with E-state index in [4.69, 9.17) is 0 Å².